The minimum Gasteiger partial charge on any atom is -0.321 e. The number of halogens is 1. The van der Waals surface area contributed by atoms with Crippen LogP contribution in [-0.4, -0.2) is 16.2 Å². The molecule has 1 N–H and O–H groups in total. The molecule has 1 aromatic carbocycles. The zero-order valence-corrected chi connectivity index (χ0v) is 12.1. The molecule has 1 aromatic heterocycles. The number of nitrogens with zero attached hydrogens (tertiary/aromatic N) is 1. The smallest absolute Gasteiger partial charge is 0.267 e. The van der Waals surface area contributed by atoms with Crippen LogP contribution in [0.25, 0.3) is 0 Å². The van der Waals surface area contributed by atoms with Crippen molar-refractivity contribution in [1.82, 2.24) is 4.98 Å². The second kappa shape index (κ2) is 6.66. The van der Waals surface area contributed by atoms with Crippen LogP contribution in [0, 0.1) is 0 Å². The average Bonchev–Trinajstić information content (AvgIpc) is 2.91. The second-order valence-electron chi connectivity index (χ2n) is 3.81. The molecule has 0 aliphatic rings. The Hall–Kier alpha value is -1.20. The number of anilines is 1. The largest absolute Gasteiger partial charge is 0.321 e. The van der Waals surface area contributed by atoms with E-state index >= 15 is 0 Å². The first-order valence-electron chi connectivity index (χ1n) is 5.64. The third kappa shape index (κ3) is 3.65. The lowest BCUT2D eigenvalue weighted by atomic mass is 10.1. The van der Waals surface area contributed by atoms with Gasteiger partial charge in [-0.2, -0.15) is 0 Å². The number of benzene rings is 1. The lowest BCUT2D eigenvalue weighted by molar-refractivity contribution is 0.103. The van der Waals surface area contributed by atoms with E-state index in [-0.39, 0.29) is 5.91 Å². The Morgan fingerprint density at radius 2 is 2.33 bits per heavy atom. The van der Waals surface area contributed by atoms with Crippen molar-refractivity contribution in [1.29, 1.82) is 0 Å². The van der Waals surface area contributed by atoms with Crippen molar-refractivity contribution in [3.05, 3.63) is 46.4 Å². The van der Waals surface area contributed by atoms with Crippen LogP contribution in [0.2, 0.25) is 0 Å². The van der Waals surface area contributed by atoms with Gasteiger partial charge in [0.1, 0.15) is 4.88 Å². The topological polar surface area (TPSA) is 42.0 Å². The third-order valence-corrected chi connectivity index (χ3v) is 3.77. The summed E-state index contributed by atoms with van der Waals surface area (Å²) in [6.45, 7) is 0. The van der Waals surface area contributed by atoms with E-state index in [1.165, 1.54) is 16.9 Å². The summed E-state index contributed by atoms with van der Waals surface area (Å²) < 4.78 is 0. The zero-order chi connectivity index (χ0) is 12.8. The van der Waals surface area contributed by atoms with E-state index in [0.29, 0.717) is 4.88 Å². The fraction of sp³-hybridized carbons (Fsp3) is 0.231. The number of hydrogen-bond donors (Lipinski definition) is 1. The first-order chi connectivity index (χ1) is 8.79. The van der Waals surface area contributed by atoms with Gasteiger partial charge in [0, 0.05) is 11.0 Å². The summed E-state index contributed by atoms with van der Waals surface area (Å²) in [5, 5.41) is 3.87. The fourth-order valence-corrected chi connectivity index (χ4v) is 2.39. The molecule has 0 atom stereocenters. The molecular weight excluding hydrogens is 312 g/mol. The number of carbonyl (C=O) groups excluding carboxylic acids is 1. The number of carbonyl (C=O) groups is 1. The SMILES string of the molecule is O=C(Nc1cccc(CCCBr)c1)c1cncs1. The molecule has 0 fully saturated rings. The summed E-state index contributed by atoms with van der Waals surface area (Å²) >= 11 is 4.76. The van der Waals surface area contributed by atoms with Crippen LogP contribution in [0.1, 0.15) is 21.7 Å². The Labute approximate surface area is 118 Å². The molecule has 2 rings (SSSR count). The van der Waals surface area contributed by atoms with Gasteiger partial charge in [0.05, 0.1) is 11.7 Å². The zero-order valence-electron chi connectivity index (χ0n) is 9.73. The highest BCUT2D eigenvalue weighted by Gasteiger charge is 2.07. The van der Waals surface area contributed by atoms with Crippen LogP contribution >= 0.6 is 27.3 Å². The van der Waals surface area contributed by atoms with Crippen LogP contribution in [0.4, 0.5) is 5.69 Å². The van der Waals surface area contributed by atoms with Crippen molar-refractivity contribution in [3.63, 3.8) is 0 Å². The maximum Gasteiger partial charge on any atom is 0.267 e. The Balaban J connectivity index is 2.03. The van der Waals surface area contributed by atoms with Crippen LogP contribution in [0.15, 0.2) is 36.0 Å². The van der Waals surface area contributed by atoms with Crippen molar-refractivity contribution < 1.29 is 4.79 Å². The van der Waals surface area contributed by atoms with Gasteiger partial charge < -0.3 is 5.32 Å². The molecular formula is C13H13BrN2OS. The molecule has 1 heterocycles. The van der Waals surface area contributed by atoms with Gasteiger partial charge in [-0.1, -0.05) is 28.1 Å². The molecule has 2 aromatic rings. The lowest BCUT2D eigenvalue weighted by Gasteiger charge is -2.06. The molecule has 94 valence electrons. The number of aryl methyl sites for hydroxylation is 1. The van der Waals surface area contributed by atoms with Crippen LogP contribution in [0.3, 0.4) is 0 Å². The highest BCUT2D eigenvalue weighted by atomic mass is 79.9. The van der Waals surface area contributed by atoms with Gasteiger partial charge in [0.2, 0.25) is 0 Å². The normalized spacial score (nSPS) is 10.3. The van der Waals surface area contributed by atoms with Crippen LogP contribution < -0.4 is 5.32 Å². The molecule has 0 aliphatic carbocycles. The van der Waals surface area contributed by atoms with Gasteiger partial charge in [0.25, 0.3) is 5.91 Å². The predicted octanol–water partition coefficient (Wildman–Crippen LogP) is 3.72. The van der Waals surface area contributed by atoms with E-state index in [1.807, 2.05) is 18.2 Å². The van der Waals surface area contributed by atoms with Gasteiger partial charge in [-0.15, -0.1) is 11.3 Å². The Bertz CT molecular complexity index is 513. The molecule has 18 heavy (non-hydrogen) atoms. The van der Waals surface area contributed by atoms with E-state index in [2.05, 4.69) is 32.3 Å². The van der Waals surface area contributed by atoms with Crippen LogP contribution in [-0.2, 0) is 6.42 Å². The van der Waals surface area contributed by atoms with Gasteiger partial charge >= 0.3 is 0 Å². The summed E-state index contributed by atoms with van der Waals surface area (Å²) in [5.41, 5.74) is 3.72. The molecule has 0 aliphatic heterocycles. The van der Waals surface area contributed by atoms with E-state index < -0.39 is 0 Å². The Morgan fingerprint density at radius 3 is 3.06 bits per heavy atom. The average molecular weight is 325 g/mol. The summed E-state index contributed by atoms with van der Waals surface area (Å²) in [5.74, 6) is -0.102. The molecule has 0 saturated carbocycles. The van der Waals surface area contributed by atoms with Crippen molar-refractivity contribution in [2.75, 3.05) is 10.6 Å². The molecule has 0 saturated heterocycles. The minimum atomic E-state index is -0.102. The molecule has 0 spiro atoms. The second-order valence-corrected chi connectivity index (χ2v) is 5.49. The molecule has 3 nitrogen and oxygen atoms in total. The summed E-state index contributed by atoms with van der Waals surface area (Å²) in [7, 11) is 0. The number of rotatable bonds is 5. The molecule has 5 heteroatoms. The number of aromatic nitrogens is 1. The number of thiazole rings is 1. The number of nitrogens with one attached hydrogen (secondary N) is 1. The molecule has 0 unspecified atom stereocenters. The summed E-state index contributed by atoms with van der Waals surface area (Å²) in [6.07, 6.45) is 3.68. The van der Waals surface area contributed by atoms with E-state index in [9.17, 15) is 4.79 Å². The first-order valence-corrected chi connectivity index (χ1v) is 7.64. The lowest BCUT2D eigenvalue weighted by Crippen LogP contribution is -2.10. The minimum absolute atomic E-state index is 0.102. The van der Waals surface area contributed by atoms with Gasteiger partial charge in [-0.05, 0) is 30.5 Å². The highest BCUT2D eigenvalue weighted by Crippen LogP contribution is 2.15. The first kappa shape index (κ1) is 13.2. The Kier molecular flexibility index (Phi) is 4.90. The number of alkyl halides is 1. The fourth-order valence-electron chi connectivity index (χ4n) is 1.60. The number of amides is 1. The third-order valence-electron chi connectivity index (χ3n) is 2.44. The predicted molar refractivity (Wildman–Crippen MR) is 78.6 cm³/mol. The monoisotopic (exact) mass is 324 g/mol. The molecule has 1 amide bonds. The summed E-state index contributed by atoms with van der Waals surface area (Å²) in [6, 6.07) is 7.95. The van der Waals surface area contributed by atoms with E-state index in [0.717, 1.165) is 23.9 Å². The number of hydrogen-bond acceptors (Lipinski definition) is 3. The Morgan fingerprint density at radius 1 is 1.44 bits per heavy atom. The van der Waals surface area contributed by atoms with Gasteiger partial charge in [0.15, 0.2) is 0 Å². The molecule has 0 radical (unpaired) electrons. The maximum atomic E-state index is 11.9. The summed E-state index contributed by atoms with van der Waals surface area (Å²) in [4.78, 5) is 16.4. The molecule has 0 bridgehead atoms. The van der Waals surface area contributed by atoms with Crippen molar-refractivity contribution in [3.8, 4) is 0 Å². The van der Waals surface area contributed by atoms with Crippen LogP contribution in [0.5, 0.6) is 0 Å². The van der Waals surface area contributed by atoms with Gasteiger partial charge in [-0.25, -0.2) is 0 Å². The van der Waals surface area contributed by atoms with E-state index in [4.69, 9.17) is 0 Å². The van der Waals surface area contributed by atoms with Crippen molar-refractivity contribution in [2.45, 2.75) is 12.8 Å². The standard InChI is InChI=1S/C13H13BrN2OS/c14-6-2-4-10-3-1-5-11(7-10)16-13(17)12-8-15-9-18-12/h1,3,5,7-9H,2,4,6H2,(H,16,17). The highest BCUT2D eigenvalue weighted by molar-refractivity contribution is 9.09. The van der Waals surface area contributed by atoms with Crippen molar-refractivity contribution in [2.24, 2.45) is 0 Å². The van der Waals surface area contributed by atoms with E-state index in [1.54, 1.807) is 11.7 Å². The van der Waals surface area contributed by atoms with Gasteiger partial charge in [-0.3, -0.25) is 9.78 Å². The quantitative estimate of drug-likeness (QED) is 0.851. The van der Waals surface area contributed by atoms with Crippen molar-refractivity contribution >= 4 is 38.9 Å². The maximum absolute atomic E-state index is 11.9.